The molecule has 0 aromatic heterocycles. The molecule has 2 heteroatoms. The third kappa shape index (κ3) is 3.30. The van der Waals surface area contributed by atoms with Gasteiger partial charge < -0.3 is 0 Å². The minimum absolute atomic E-state index is 0.741. The van der Waals surface area contributed by atoms with Crippen molar-refractivity contribution in [3.05, 3.63) is 12.2 Å². The molecule has 1 N–H and O–H groups in total. The Morgan fingerprint density at radius 1 is 1.55 bits per heavy atom. The van der Waals surface area contributed by atoms with E-state index in [4.69, 9.17) is 0 Å². The molecule has 11 heavy (non-hydrogen) atoms. The SMILES string of the molecule is C=C1CCC(NSCC)CC1. The fraction of sp³-hybridized carbons (Fsp3) is 0.778. The molecule has 0 unspecified atom stereocenters. The predicted molar refractivity (Wildman–Crippen MR) is 52.7 cm³/mol. The van der Waals surface area contributed by atoms with E-state index in [2.05, 4.69) is 18.2 Å². The summed E-state index contributed by atoms with van der Waals surface area (Å²) in [5, 5.41) is 0. The van der Waals surface area contributed by atoms with Crippen molar-refractivity contribution in [2.24, 2.45) is 0 Å². The molecule has 0 amide bonds. The summed E-state index contributed by atoms with van der Waals surface area (Å²) >= 11 is 1.84. The van der Waals surface area contributed by atoms with Gasteiger partial charge >= 0.3 is 0 Å². The number of hydrogen-bond acceptors (Lipinski definition) is 2. The van der Waals surface area contributed by atoms with Crippen LogP contribution in [-0.2, 0) is 0 Å². The Hall–Kier alpha value is 0.0500. The zero-order chi connectivity index (χ0) is 8.10. The summed E-state index contributed by atoms with van der Waals surface area (Å²) in [6, 6.07) is 0.741. The second-order valence-electron chi connectivity index (χ2n) is 3.08. The van der Waals surface area contributed by atoms with Crippen molar-refractivity contribution >= 4 is 11.9 Å². The predicted octanol–water partition coefficient (Wildman–Crippen LogP) is 2.74. The van der Waals surface area contributed by atoms with Gasteiger partial charge in [-0.1, -0.05) is 31.0 Å². The average molecular weight is 171 g/mol. The van der Waals surface area contributed by atoms with Gasteiger partial charge in [-0.05, 0) is 25.7 Å². The molecule has 1 rings (SSSR count). The summed E-state index contributed by atoms with van der Waals surface area (Å²) in [7, 11) is 0. The summed E-state index contributed by atoms with van der Waals surface area (Å²) in [5.74, 6) is 1.16. The van der Waals surface area contributed by atoms with Gasteiger partial charge in [0.15, 0.2) is 0 Å². The van der Waals surface area contributed by atoms with E-state index in [9.17, 15) is 0 Å². The smallest absolute Gasteiger partial charge is 0.0178 e. The van der Waals surface area contributed by atoms with Crippen LogP contribution in [0.25, 0.3) is 0 Å². The molecule has 0 heterocycles. The highest BCUT2D eigenvalue weighted by Crippen LogP contribution is 2.22. The number of hydrogen-bond donors (Lipinski definition) is 1. The van der Waals surface area contributed by atoms with Gasteiger partial charge in [-0.25, -0.2) is 0 Å². The molecule has 0 bridgehead atoms. The maximum Gasteiger partial charge on any atom is 0.0178 e. The lowest BCUT2D eigenvalue weighted by atomic mass is 9.93. The molecule has 1 aliphatic rings. The molecule has 0 spiro atoms. The highest BCUT2D eigenvalue weighted by molar-refractivity contribution is 7.97. The van der Waals surface area contributed by atoms with Gasteiger partial charge in [-0.3, -0.25) is 4.72 Å². The molecule has 0 aliphatic heterocycles. The first-order valence-electron chi connectivity index (χ1n) is 4.37. The largest absolute Gasteiger partial charge is 0.261 e. The molecule has 1 nitrogen and oxygen atoms in total. The molecule has 0 aromatic rings. The molecule has 64 valence electrons. The molecule has 0 atom stereocenters. The van der Waals surface area contributed by atoms with Crippen LogP contribution in [0.1, 0.15) is 32.6 Å². The molecule has 0 radical (unpaired) electrons. The fourth-order valence-electron chi connectivity index (χ4n) is 1.35. The van der Waals surface area contributed by atoms with Crippen LogP contribution in [0.5, 0.6) is 0 Å². The summed E-state index contributed by atoms with van der Waals surface area (Å²) in [6.45, 7) is 6.17. The van der Waals surface area contributed by atoms with Gasteiger partial charge in [0.1, 0.15) is 0 Å². The zero-order valence-corrected chi connectivity index (χ0v) is 8.04. The van der Waals surface area contributed by atoms with Crippen molar-refractivity contribution in [1.82, 2.24) is 4.72 Å². The van der Waals surface area contributed by atoms with Crippen molar-refractivity contribution in [3.8, 4) is 0 Å². The van der Waals surface area contributed by atoms with Crippen LogP contribution in [-0.4, -0.2) is 11.8 Å². The Labute approximate surface area is 73.8 Å². The second kappa shape index (κ2) is 4.83. The van der Waals surface area contributed by atoms with Crippen LogP contribution in [0, 0.1) is 0 Å². The molecule has 0 saturated heterocycles. The Kier molecular flexibility index (Phi) is 4.02. The van der Waals surface area contributed by atoms with E-state index >= 15 is 0 Å². The fourth-order valence-corrected chi connectivity index (χ4v) is 1.98. The van der Waals surface area contributed by atoms with Crippen LogP contribution < -0.4 is 4.72 Å². The summed E-state index contributed by atoms with van der Waals surface area (Å²) in [6.07, 6.45) is 5.02. The van der Waals surface area contributed by atoms with Crippen LogP contribution in [0.15, 0.2) is 12.2 Å². The van der Waals surface area contributed by atoms with Gasteiger partial charge in [0.2, 0.25) is 0 Å². The first kappa shape index (κ1) is 9.14. The van der Waals surface area contributed by atoms with E-state index in [0.717, 1.165) is 11.8 Å². The zero-order valence-electron chi connectivity index (χ0n) is 7.23. The lowest BCUT2D eigenvalue weighted by Gasteiger charge is -2.23. The first-order chi connectivity index (χ1) is 5.33. The van der Waals surface area contributed by atoms with E-state index in [1.807, 2.05) is 11.9 Å². The van der Waals surface area contributed by atoms with Crippen molar-refractivity contribution in [2.75, 3.05) is 5.75 Å². The lowest BCUT2D eigenvalue weighted by Crippen LogP contribution is -2.26. The van der Waals surface area contributed by atoms with E-state index in [1.165, 1.54) is 31.3 Å². The Morgan fingerprint density at radius 2 is 2.18 bits per heavy atom. The molecular formula is C9H17NS. The number of rotatable bonds is 3. The summed E-state index contributed by atoms with van der Waals surface area (Å²) in [4.78, 5) is 0. The van der Waals surface area contributed by atoms with Gasteiger partial charge in [0.25, 0.3) is 0 Å². The minimum Gasteiger partial charge on any atom is -0.261 e. The Balaban J connectivity index is 2.12. The molecule has 1 fully saturated rings. The molecule has 0 aromatic carbocycles. The minimum atomic E-state index is 0.741. The topological polar surface area (TPSA) is 12.0 Å². The quantitative estimate of drug-likeness (QED) is 0.517. The molecular weight excluding hydrogens is 154 g/mol. The van der Waals surface area contributed by atoms with Gasteiger partial charge in [-0.15, -0.1) is 0 Å². The number of allylic oxidation sites excluding steroid dienone is 1. The Morgan fingerprint density at radius 3 is 2.73 bits per heavy atom. The Bertz CT molecular complexity index is 124. The van der Waals surface area contributed by atoms with Crippen LogP contribution in [0.3, 0.4) is 0 Å². The summed E-state index contributed by atoms with van der Waals surface area (Å²) in [5.41, 5.74) is 1.43. The normalized spacial score (nSPS) is 20.6. The van der Waals surface area contributed by atoms with Gasteiger partial charge in [0, 0.05) is 11.8 Å². The standard InChI is InChI=1S/C9H17NS/c1-3-11-10-9-6-4-8(2)5-7-9/h9-10H,2-7H2,1H3. The lowest BCUT2D eigenvalue weighted by molar-refractivity contribution is 0.488. The van der Waals surface area contributed by atoms with Crippen LogP contribution in [0.4, 0.5) is 0 Å². The second-order valence-corrected chi connectivity index (χ2v) is 4.18. The number of nitrogens with one attached hydrogen (secondary N) is 1. The van der Waals surface area contributed by atoms with Gasteiger partial charge in [-0.2, -0.15) is 0 Å². The van der Waals surface area contributed by atoms with E-state index in [0.29, 0.717) is 0 Å². The van der Waals surface area contributed by atoms with Crippen molar-refractivity contribution in [1.29, 1.82) is 0 Å². The van der Waals surface area contributed by atoms with E-state index in [1.54, 1.807) is 0 Å². The van der Waals surface area contributed by atoms with Crippen molar-refractivity contribution < 1.29 is 0 Å². The maximum atomic E-state index is 3.99. The molecule has 1 saturated carbocycles. The third-order valence-corrected chi connectivity index (χ3v) is 2.88. The van der Waals surface area contributed by atoms with Crippen molar-refractivity contribution in [2.45, 2.75) is 38.6 Å². The van der Waals surface area contributed by atoms with Crippen LogP contribution >= 0.6 is 11.9 Å². The van der Waals surface area contributed by atoms with Crippen molar-refractivity contribution in [3.63, 3.8) is 0 Å². The first-order valence-corrected chi connectivity index (χ1v) is 5.35. The van der Waals surface area contributed by atoms with E-state index in [-0.39, 0.29) is 0 Å². The van der Waals surface area contributed by atoms with Gasteiger partial charge in [0.05, 0.1) is 0 Å². The maximum absolute atomic E-state index is 3.99. The average Bonchev–Trinajstić information content (AvgIpc) is 2.04. The highest BCUT2D eigenvalue weighted by Gasteiger charge is 2.13. The van der Waals surface area contributed by atoms with E-state index < -0.39 is 0 Å². The third-order valence-electron chi connectivity index (χ3n) is 2.09. The summed E-state index contributed by atoms with van der Waals surface area (Å²) < 4.78 is 3.47. The highest BCUT2D eigenvalue weighted by atomic mass is 32.2. The monoisotopic (exact) mass is 171 g/mol. The molecule has 1 aliphatic carbocycles. The van der Waals surface area contributed by atoms with Crippen LogP contribution in [0.2, 0.25) is 0 Å².